The van der Waals surface area contributed by atoms with E-state index >= 15 is 0 Å². The maximum absolute atomic E-state index is 13.2. The summed E-state index contributed by atoms with van der Waals surface area (Å²) in [6.07, 6.45) is 5.67. The Balaban J connectivity index is 1.41. The zero-order chi connectivity index (χ0) is 22.0. The van der Waals surface area contributed by atoms with Gasteiger partial charge < -0.3 is 13.9 Å². The molecule has 2 aliphatic rings. The molecule has 0 aromatic carbocycles. The minimum absolute atomic E-state index is 0.0365. The lowest BCUT2D eigenvalue weighted by Gasteiger charge is -2.36. The van der Waals surface area contributed by atoms with Crippen LogP contribution in [0.3, 0.4) is 0 Å². The van der Waals surface area contributed by atoms with Crippen LogP contribution in [-0.4, -0.2) is 71.7 Å². The first-order valence-electron chi connectivity index (χ1n) is 11.1. The monoisotopic (exact) mass is 448 g/mol. The predicted molar refractivity (Wildman–Crippen MR) is 118 cm³/mol. The summed E-state index contributed by atoms with van der Waals surface area (Å²) in [5.74, 6) is 0.804. The van der Waals surface area contributed by atoms with Crippen molar-refractivity contribution in [2.45, 2.75) is 46.1 Å². The van der Waals surface area contributed by atoms with Gasteiger partial charge in [0.25, 0.3) is 16.1 Å². The number of hydrogen-bond acceptors (Lipinski definition) is 4. The molecule has 2 aromatic rings. The van der Waals surface area contributed by atoms with Gasteiger partial charge in [0.05, 0.1) is 18.4 Å². The van der Waals surface area contributed by atoms with Crippen molar-refractivity contribution in [3.05, 3.63) is 47.2 Å². The number of hydrogen-bond donors (Lipinski definition) is 0. The van der Waals surface area contributed by atoms with Gasteiger partial charge in [-0.3, -0.25) is 4.79 Å². The molecule has 2 aromatic heterocycles. The first-order chi connectivity index (χ1) is 14.9. The van der Waals surface area contributed by atoms with Crippen LogP contribution < -0.4 is 0 Å². The Kier molecular flexibility index (Phi) is 6.55. The molecule has 170 valence electrons. The molecular formula is C22H32N4O4S. The minimum Gasteiger partial charge on any atom is -0.467 e. The van der Waals surface area contributed by atoms with Gasteiger partial charge in [-0.2, -0.15) is 17.0 Å². The molecule has 4 heterocycles. The van der Waals surface area contributed by atoms with Crippen LogP contribution in [0.4, 0.5) is 0 Å². The highest BCUT2D eigenvalue weighted by Gasteiger charge is 2.34. The lowest BCUT2D eigenvalue weighted by atomic mass is 10.2. The summed E-state index contributed by atoms with van der Waals surface area (Å²) in [6, 6.07) is 5.69. The van der Waals surface area contributed by atoms with Crippen LogP contribution >= 0.6 is 0 Å². The molecule has 9 heteroatoms. The summed E-state index contributed by atoms with van der Waals surface area (Å²) >= 11 is 0. The van der Waals surface area contributed by atoms with Crippen LogP contribution in [0.25, 0.3) is 0 Å². The Morgan fingerprint density at radius 1 is 0.968 bits per heavy atom. The van der Waals surface area contributed by atoms with Gasteiger partial charge in [-0.05, 0) is 44.9 Å². The van der Waals surface area contributed by atoms with Gasteiger partial charge in [-0.15, -0.1) is 0 Å². The number of nitrogens with zero attached hydrogens (tertiary/aromatic N) is 4. The maximum atomic E-state index is 13.2. The lowest BCUT2D eigenvalue weighted by molar-refractivity contribution is 0.0693. The van der Waals surface area contributed by atoms with Crippen molar-refractivity contribution in [1.29, 1.82) is 0 Å². The largest absolute Gasteiger partial charge is 0.467 e. The number of furan rings is 1. The van der Waals surface area contributed by atoms with Gasteiger partial charge in [0, 0.05) is 50.7 Å². The van der Waals surface area contributed by atoms with E-state index in [1.54, 1.807) is 19.8 Å². The first-order valence-corrected chi connectivity index (χ1v) is 12.5. The third kappa shape index (κ3) is 4.58. The van der Waals surface area contributed by atoms with Gasteiger partial charge in [-0.1, -0.05) is 12.8 Å². The predicted octanol–water partition coefficient (Wildman–Crippen LogP) is 2.62. The van der Waals surface area contributed by atoms with E-state index in [-0.39, 0.29) is 5.91 Å². The van der Waals surface area contributed by atoms with E-state index in [4.69, 9.17) is 4.42 Å². The van der Waals surface area contributed by atoms with Crippen molar-refractivity contribution in [3.63, 3.8) is 0 Å². The second-order valence-electron chi connectivity index (χ2n) is 8.46. The summed E-state index contributed by atoms with van der Waals surface area (Å²) in [7, 11) is -3.45. The number of piperazine rings is 1. The Hall–Kier alpha value is -2.10. The summed E-state index contributed by atoms with van der Waals surface area (Å²) < 4.78 is 36.8. The molecule has 0 atom stereocenters. The third-order valence-electron chi connectivity index (χ3n) is 6.44. The number of carbonyl (C=O) groups is 1. The molecule has 0 bridgehead atoms. The van der Waals surface area contributed by atoms with Gasteiger partial charge >= 0.3 is 0 Å². The fourth-order valence-corrected chi connectivity index (χ4v) is 6.22. The van der Waals surface area contributed by atoms with Crippen molar-refractivity contribution in [3.8, 4) is 0 Å². The summed E-state index contributed by atoms with van der Waals surface area (Å²) in [5, 5.41) is 0. The zero-order valence-corrected chi connectivity index (χ0v) is 19.2. The average Bonchev–Trinajstić information content (AvgIpc) is 3.26. The molecule has 0 unspecified atom stereocenters. The molecule has 0 spiro atoms. The normalized spacial score (nSPS) is 19.5. The minimum atomic E-state index is -3.45. The summed E-state index contributed by atoms with van der Waals surface area (Å²) in [6.45, 7) is 7.22. The van der Waals surface area contributed by atoms with E-state index in [0.717, 1.165) is 42.8 Å². The molecule has 31 heavy (non-hydrogen) atoms. The van der Waals surface area contributed by atoms with Crippen LogP contribution in [0.15, 0.2) is 28.9 Å². The van der Waals surface area contributed by atoms with Crippen LogP contribution in [0, 0.1) is 13.8 Å². The second kappa shape index (κ2) is 9.18. The lowest BCUT2D eigenvalue weighted by Crippen LogP contribution is -2.54. The van der Waals surface area contributed by atoms with Crippen LogP contribution in [0.2, 0.25) is 0 Å². The van der Waals surface area contributed by atoms with Gasteiger partial charge in [-0.25, -0.2) is 0 Å². The molecule has 0 radical (unpaired) electrons. The Labute approximate surface area is 184 Å². The van der Waals surface area contributed by atoms with E-state index in [9.17, 15) is 13.2 Å². The number of rotatable bonds is 5. The van der Waals surface area contributed by atoms with E-state index < -0.39 is 10.2 Å². The van der Waals surface area contributed by atoms with Crippen molar-refractivity contribution in [2.24, 2.45) is 0 Å². The molecular weight excluding hydrogens is 416 g/mol. The molecule has 4 rings (SSSR count). The maximum Gasteiger partial charge on any atom is 0.282 e. The zero-order valence-electron chi connectivity index (χ0n) is 18.4. The number of aryl methyl sites for hydroxylation is 1. The van der Waals surface area contributed by atoms with E-state index in [1.807, 2.05) is 32.0 Å². The molecule has 0 N–H and O–H groups in total. The Morgan fingerprint density at radius 3 is 2.23 bits per heavy atom. The molecule has 1 amide bonds. The topological polar surface area (TPSA) is 79.0 Å². The van der Waals surface area contributed by atoms with Crippen molar-refractivity contribution >= 4 is 16.1 Å². The smallest absolute Gasteiger partial charge is 0.282 e. The van der Waals surface area contributed by atoms with Gasteiger partial charge in [0.15, 0.2) is 0 Å². The first kappa shape index (κ1) is 22.1. The average molecular weight is 449 g/mol. The highest BCUT2D eigenvalue weighted by Crippen LogP contribution is 2.22. The van der Waals surface area contributed by atoms with Crippen LogP contribution in [0.5, 0.6) is 0 Å². The van der Waals surface area contributed by atoms with Gasteiger partial charge in [0.2, 0.25) is 0 Å². The number of amides is 1. The SMILES string of the molecule is Cc1cc(C(=O)N2CCN(S(=O)(=O)N3CCCCCC3)CC2)c(C)n1Cc1ccco1. The molecule has 8 nitrogen and oxygen atoms in total. The van der Waals surface area contributed by atoms with E-state index in [2.05, 4.69) is 4.57 Å². The molecule has 2 saturated heterocycles. The highest BCUT2D eigenvalue weighted by molar-refractivity contribution is 7.86. The van der Waals surface area contributed by atoms with Crippen LogP contribution in [0.1, 0.15) is 53.2 Å². The van der Waals surface area contributed by atoms with Crippen molar-refractivity contribution in [2.75, 3.05) is 39.3 Å². The highest BCUT2D eigenvalue weighted by atomic mass is 32.2. The number of carbonyl (C=O) groups excluding carboxylic acids is 1. The summed E-state index contributed by atoms with van der Waals surface area (Å²) in [5.41, 5.74) is 2.58. The molecule has 0 aliphatic carbocycles. The van der Waals surface area contributed by atoms with Crippen LogP contribution in [-0.2, 0) is 16.8 Å². The molecule has 2 aliphatic heterocycles. The van der Waals surface area contributed by atoms with E-state index in [1.165, 1.54) is 0 Å². The standard InChI is InChI=1S/C22H32N4O4S/c1-18-16-21(19(2)26(18)17-20-8-7-15-30-20)22(27)23-11-13-25(14-12-23)31(28,29)24-9-5-3-4-6-10-24/h7-8,15-16H,3-6,9-14,17H2,1-2H3. The third-order valence-corrected chi connectivity index (χ3v) is 8.48. The molecule has 0 saturated carbocycles. The fourth-order valence-electron chi connectivity index (χ4n) is 4.55. The number of aromatic nitrogens is 1. The second-order valence-corrected chi connectivity index (χ2v) is 10.4. The quantitative estimate of drug-likeness (QED) is 0.704. The van der Waals surface area contributed by atoms with E-state index in [0.29, 0.717) is 51.4 Å². The van der Waals surface area contributed by atoms with Crippen molar-refractivity contribution in [1.82, 2.24) is 18.1 Å². The fraction of sp³-hybridized carbons (Fsp3) is 0.591. The Morgan fingerprint density at radius 2 is 1.61 bits per heavy atom. The summed E-state index contributed by atoms with van der Waals surface area (Å²) in [4.78, 5) is 15.0. The van der Waals surface area contributed by atoms with Crippen molar-refractivity contribution < 1.29 is 17.6 Å². The molecule has 2 fully saturated rings. The van der Waals surface area contributed by atoms with Gasteiger partial charge in [0.1, 0.15) is 5.76 Å². The Bertz CT molecular complexity index is 997.